The first-order valence-corrected chi connectivity index (χ1v) is 5.50. The first-order valence-electron chi connectivity index (χ1n) is 4.67. The maximum Gasteiger partial charge on any atom is 0.328 e. The Morgan fingerprint density at radius 1 is 1.53 bits per heavy atom. The highest BCUT2D eigenvalue weighted by Crippen LogP contribution is 2.05. The van der Waals surface area contributed by atoms with Gasteiger partial charge in [-0.05, 0) is 17.5 Å². The van der Waals surface area contributed by atoms with Crippen molar-refractivity contribution in [2.75, 3.05) is 0 Å². The van der Waals surface area contributed by atoms with Crippen molar-refractivity contribution in [1.29, 1.82) is 0 Å². The third-order valence-electron chi connectivity index (χ3n) is 2.05. The van der Waals surface area contributed by atoms with Crippen molar-refractivity contribution < 1.29 is 0 Å². The van der Waals surface area contributed by atoms with Gasteiger partial charge in [0.25, 0.3) is 5.56 Å². The molecule has 0 saturated heterocycles. The van der Waals surface area contributed by atoms with Gasteiger partial charge < -0.3 is 4.98 Å². The number of rotatable bonds is 2. The molecule has 0 aliphatic carbocycles. The molecule has 2 rings (SSSR count). The predicted octanol–water partition coefficient (Wildman–Crippen LogP) is 0.802. The largest absolute Gasteiger partial charge is 0.328 e. The lowest BCUT2D eigenvalue weighted by atomic mass is 10.2. The molecule has 0 aliphatic heterocycles. The van der Waals surface area contributed by atoms with Crippen molar-refractivity contribution in [3.05, 3.63) is 26.2 Å². The van der Waals surface area contributed by atoms with Crippen LogP contribution in [0.1, 0.15) is 13.8 Å². The van der Waals surface area contributed by atoms with Crippen LogP contribution >= 0.6 is 11.5 Å². The standard InChI is InChI=1S/C9H11N3O2S/c1-5(2)3-12-8(13)7-6(4-15-11-7)10-9(12)14/h4-5H,3H2,1-2H3,(H,10,14). The molecule has 0 unspecified atom stereocenters. The maximum absolute atomic E-state index is 11.8. The Hall–Kier alpha value is -1.43. The number of nitrogens with one attached hydrogen (secondary N) is 1. The Balaban J connectivity index is 2.73. The summed E-state index contributed by atoms with van der Waals surface area (Å²) in [4.78, 5) is 26.0. The summed E-state index contributed by atoms with van der Waals surface area (Å²) < 4.78 is 5.17. The minimum atomic E-state index is -0.360. The Labute approximate surface area is 89.5 Å². The van der Waals surface area contributed by atoms with Gasteiger partial charge in [0, 0.05) is 11.9 Å². The summed E-state index contributed by atoms with van der Waals surface area (Å²) in [5.41, 5.74) is 0.209. The summed E-state index contributed by atoms with van der Waals surface area (Å²) in [6, 6.07) is 0. The zero-order valence-electron chi connectivity index (χ0n) is 8.48. The molecule has 1 N–H and O–H groups in total. The first-order chi connectivity index (χ1) is 7.09. The second kappa shape index (κ2) is 3.62. The van der Waals surface area contributed by atoms with Crippen molar-refractivity contribution in [2.45, 2.75) is 20.4 Å². The molecule has 80 valence electrons. The smallest absolute Gasteiger partial charge is 0.304 e. The normalized spacial score (nSPS) is 11.4. The molecule has 2 aromatic heterocycles. The van der Waals surface area contributed by atoms with Gasteiger partial charge in [-0.25, -0.2) is 4.79 Å². The van der Waals surface area contributed by atoms with Crippen LogP contribution in [-0.4, -0.2) is 13.9 Å². The molecule has 0 radical (unpaired) electrons. The number of fused-ring (bicyclic) bond motifs is 1. The molecule has 0 aromatic carbocycles. The molecule has 15 heavy (non-hydrogen) atoms. The molecular weight excluding hydrogens is 214 g/mol. The number of H-pyrrole nitrogens is 1. The Morgan fingerprint density at radius 3 is 2.93 bits per heavy atom. The third kappa shape index (κ3) is 1.72. The lowest BCUT2D eigenvalue weighted by Crippen LogP contribution is -2.36. The van der Waals surface area contributed by atoms with Gasteiger partial charge in [-0.3, -0.25) is 9.36 Å². The Kier molecular flexibility index (Phi) is 2.44. The van der Waals surface area contributed by atoms with Crippen LogP contribution in [0.15, 0.2) is 15.0 Å². The van der Waals surface area contributed by atoms with E-state index in [9.17, 15) is 9.59 Å². The van der Waals surface area contributed by atoms with Crippen LogP contribution in [0.5, 0.6) is 0 Å². The van der Waals surface area contributed by atoms with E-state index in [4.69, 9.17) is 0 Å². The monoisotopic (exact) mass is 225 g/mol. The minimum Gasteiger partial charge on any atom is -0.304 e. The van der Waals surface area contributed by atoms with E-state index in [1.807, 2.05) is 13.8 Å². The molecule has 2 heterocycles. The number of aromatic amines is 1. The van der Waals surface area contributed by atoms with Crippen molar-refractivity contribution in [2.24, 2.45) is 5.92 Å². The van der Waals surface area contributed by atoms with Crippen LogP contribution in [0.3, 0.4) is 0 Å². The lowest BCUT2D eigenvalue weighted by Gasteiger charge is -2.06. The fourth-order valence-electron chi connectivity index (χ4n) is 1.41. The highest BCUT2D eigenvalue weighted by molar-refractivity contribution is 7.04. The minimum absolute atomic E-state index is 0.250. The number of hydrogen-bond acceptors (Lipinski definition) is 4. The van der Waals surface area contributed by atoms with Gasteiger partial charge in [-0.1, -0.05) is 13.8 Å². The van der Waals surface area contributed by atoms with E-state index in [1.165, 1.54) is 16.1 Å². The molecule has 0 spiro atoms. The summed E-state index contributed by atoms with van der Waals surface area (Å²) in [5.74, 6) is 0.250. The fourth-order valence-corrected chi connectivity index (χ4v) is 2.02. The average molecular weight is 225 g/mol. The van der Waals surface area contributed by atoms with Crippen molar-refractivity contribution in [3.8, 4) is 0 Å². The van der Waals surface area contributed by atoms with Crippen LogP contribution in [0, 0.1) is 5.92 Å². The van der Waals surface area contributed by atoms with Crippen LogP contribution in [-0.2, 0) is 6.54 Å². The van der Waals surface area contributed by atoms with Crippen molar-refractivity contribution in [1.82, 2.24) is 13.9 Å². The highest BCUT2D eigenvalue weighted by atomic mass is 32.1. The highest BCUT2D eigenvalue weighted by Gasteiger charge is 2.10. The molecule has 0 bridgehead atoms. The van der Waals surface area contributed by atoms with E-state index in [1.54, 1.807) is 5.38 Å². The summed E-state index contributed by atoms with van der Waals surface area (Å²) in [5, 5.41) is 1.66. The third-order valence-corrected chi connectivity index (χ3v) is 2.68. The van der Waals surface area contributed by atoms with Gasteiger partial charge in [0.1, 0.15) is 0 Å². The van der Waals surface area contributed by atoms with Crippen molar-refractivity contribution in [3.63, 3.8) is 0 Å². The van der Waals surface area contributed by atoms with E-state index in [0.717, 1.165) is 0 Å². The van der Waals surface area contributed by atoms with E-state index >= 15 is 0 Å². The van der Waals surface area contributed by atoms with E-state index in [0.29, 0.717) is 17.6 Å². The molecule has 0 amide bonds. The molecule has 0 atom stereocenters. The molecule has 0 saturated carbocycles. The van der Waals surface area contributed by atoms with E-state index in [2.05, 4.69) is 9.36 Å². The van der Waals surface area contributed by atoms with Gasteiger partial charge >= 0.3 is 5.69 Å². The second-order valence-electron chi connectivity index (χ2n) is 3.82. The summed E-state index contributed by atoms with van der Waals surface area (Å²) in [7, 11) is 0. The van der Waals surface area contributed by atoms with Gasteiger partial charge in [0.15, 0.2) is 5.52 Å². The number of aromatic nitrogens is 3. The number of nitrogens with zero attached hydrogens (tertiary/aromatic N) is 2. The molecule has 0 fully saturated rings. The Morgan fingerprint density at radius 2 is 2.27 bits per heavy atom. The summed E-state index contributed by atoms with van der Waals surface area (Å²) >= 11 is 1.17. The number of hydrogen-bond donors (Lipinski definition) is 1. The second-order valence-corrected chi connectivity index (χ2v) is 4.45. The van der Waals surface area contributed by atoms with Gasteiger partial charge in [0.2, 0.25) is 0 Å². The average Bonchev–Trinajstić information content (AvgIpc) is 2.59. The quantitative estimate of drug-likeness (QED) is 0.822. The zero-order valence-corrected chi connectivity index (χ0v) is 9.30. The van der Waals surface area contributed by atoms with Crippen LogP contribution in [0.25, 0.3) is 11.0 Å². The van der Waals surface area contributed by atoms with Crippen LogP contribution in [0.4, 0.5) is 0 Å². The van der Waals surface area contributed by atoms with Crippen LogP contribution in [0.2, 0.25) is 0 Å². The molecule has 0 aliphatic rings. The zero-order chi connectivity index (χ0) is 11.0. The van der Waals surface area contributed by atoms with Crippen LogP contribution < -0.4 is 11.2 Å². The SMILES string of the molecule is CC(C)Cn1c(=O)[nH]c2csnc2c1=O. The van der Waals surface area contributed by atoms with Crippen molar-refractivity contribution >= 4 is 22.6 Å². The van der Waals surface area contributed by atoms with Gasteiger partial charge in [0.05, 0.1) is 5.52 Å². The predicted molar refractivity (Wildman–Crippen MR) is 59.3 cm³/mol. The molecule has 5 nitrogen and oxygen atoms in total. The Bertz CT molecular complexity index is 593. The fraction of sp³-hybridized carbons (Fsp3) is 0.444. The lowest BCUT2D eigenvalue weighted by molar-refractivity contribution is 0.495. The molecule has 6 heteroatoms. The van der Waals surface area contributed by atoms with E-state index < -0.39 is 0 Å². The molecular formula is C9H11N3O2S. The summed E-state index contributed by atoms with van der Waals surface area (Å²) in [6.45, 7) is 4.33. The molecule has 2 aromatic rings. The van der Waals surface area contributed by atoms with Gasteiger partial charge in [-0.15, -0.1) is 0 Å². The maximum atomic E-state index is 11.8. The first kappa shape index (κ1) is 10.1. The topological polar surface area (TPSA) is 67.8 Å². The van der Waals surface area contributed by atoms with E-state index in [-0.39, 0.29) is 17.2 Å². The summed E-state index contributed by atoms with van der Waals surface area (Å²) in [6.07, 6.45) is 0. The van der Waals surface area contributed by atoms with Gasteiger partial charge in [-0.2, -0.15) is 4.37 Å².